The van der Waals surface area contributed by atoms with Gasteiger partial charge in [-0.25, -0.2) is 0 Å². The van der Waals surface area contributed by atoms with Gasteiger partial charge in [-0.2, -0.15) is 0 Å². The maximum Gasteiger partial charge on any atom is 0.115 e. The van der Waals surface area contributed by atoms with Crippen molar-refractivity contribution in [2.45, 2.75) is 103 Å². The molecule has 2 aromatic carbocycles. The van der Waals surface area contributed by atoms with Crippen molar-refractivity contribution in [2.24, 2.45) is 11.8 Å². The lowest BCUT2D eigenvalue weighted by molar-refractivity contribution is -0.236. The summed E-state index contributed by atoms with van der Waals surface area (Å²) in [5.74, 6) is 1.28. The number of hydrogen-bond acceptors (Lipinski definition) is 3. The van der Waals surface area contributed by atoms with Crippen molar-refractivity contribution >= 4 is 0 Å². The lowest BCUT2D eigenvalue weighted by Crippen LogP contribution is -2.64. The van der Waals surface area contributed by atoms with E-state index in [9.17, 15) is 5.11 Å². The monoisotopic (exact) mass is 449 g/mol. The maximum atomic E-state index is 10.9. The van der Waals surface area contributed by atoms with Gasteiger partial charge >= 0.3 is 0 Å². The minimum absolute atomic E-state index is 0.00582. The number of aliphatic hydroxyl groups is 1. The topological polar surface area (TPSA) is 32.7 Å². The number of hydrogen-bond donors (Lipinski definition) is 1. The number of aliphatic hydroxyl groups excluding tert-OH is 1. The van der Waals surface area contributed by atoms with Crippen LogP contribution in [0.4, 0.5) is 0 Å². The SMILES string of the molecule is CCCC[C@@H](O)c1ccccc1C[C@@H]1O[C@@H]2C[C@H](C)CC[C@H]2C(C)(C)N1Cc1ccccc1. The molecule has 4 rings (SSSR count). The molecule has 3 heteroatoms. The first-order valence-electron chi connectivity index (χ1n) is 13.1. The van der Waals surface area contributed by atoms with E-state index in [-0.39, 0.29) is 11.8 Å². The maximum absolute atomic E-state index is 10.9. The molecule has 1 aliphatic carbocycles. The summed E-state index contributed by atoms with van der Waals surface area (Å²) in [4.78, 5) is 2.61. The van der Waals surface area contributed by atoms with E-state index < -0.39 is 6.10 Å². The summed E-state index contributed by atoms with van der Waals surface area (Å²) >= 11 is 0. The van der Waals surface area contributed by atoms with Crippen LogP contribution in [0.15, 0.2) is 54.6 Å². The molecule has 0 bridgehead atoms. The first kappa shape index (κ1) is 24.4. The largest absolute Gasteiger partial charge is 0.388 e. The van der Waals surface area contributed by atoms with E-state index in [1.54, 1.807) is 0 Å². The van der Waals surface area contributed by atoms with Crippen molar-refractivity contribution in [3.8, 4) is 0 Å². The Hall–Kier alpha value is -1.68. The Labute approximate surface area is 201 Å². The molecule has 1 heterocycles. The highest BCUT2D eigenvalue weighted by Gasteiger charge is 2.50. The highest BCUT2D eigenvalue weighted by Crippen LogP contribution is 2.46. The van der Waals surface area contributed by atoms with Gasteiger partial charge in [0, 0.05) is 24.4 Å². The predicted octanol–water partition coefficient (Wildman–Crippen LogP) is 6.89. The Morgan fingerprint density at radius 1 is 1.06 bits per heavy atom. The summed E-state index contributed by atoms with van der Waals surface area (Å²) in [6.07, 6.45) is 7.40. The molecule has 2 aromatic rings. The van der Waals surface area contributed by atoms with Crippen LogP contribution in [0.1, 0.15) is 89.0 Å². The predicted molar refractivity (Wildman–Crippen MR) is 136 cm³/mol. The number of benzene rings is 2. The highest BCUT2D eigenvalue weighted by molar-refractivity contribution is 5.30. The van der Waals surface area contributed by atoms with Crippen LogP contribution in [0.3, 0.4) is 0 Å². The first-order chi connectivity index (χ1) is 15.9. The van der Waals surface area contributed by atoms with E-state index in [2.05, 4.69) is 87.2 Å². The molecule has 0 aromatic heterocycles. The molecular formula is C30H43NO2. The lowest BCUT2D eigenvalue weighted by atomic mass is 9.69. The third-order valence-corrected chi connectivity index (χ3v) is 8.22. The van der Waals surface area contributed by atoms with Gasteiger partial charge in [0.2, 0.25) is 0 Å². The third-order valence-electron chi connectivity index (χ3n) is 8.22. The number of ether oxygens (including phenoxy) is 1. The second-order valence-electron chi connectivity index (χ2n) is 11.0. The molecule has 5 atom stereocenters. The molecule has 1 saturated heterocycles. The summed E-state index contributed by atoms with van der Waals surface area (Å²) in [6, 6.07) is 19.3. The normalized spacial score (nSPS) is 28.3. The van der Waals surface area contributed by atoms with Gasteiger partial charge in [-0.15, -0.1) is 0 Å². The van der Waals surface area contributed by atoms with Crippen molar-refractivity contribution in [3.63, 3.8) is 0 Å². The Balaban J connectivity index is 1.64. The molecule has 2 aliphatic rings. The molecule has 0 amide bonds. The zero-order valence-electron chi connectivity index (χ0n) is 21.0. The molecule has 1 aliphatic heterocycles. The van der Waals surface area contributed by atoms with Crippen LogP contribution in [-0.4, -0.2) is 27.9 Å². The molecule has 180 valence electrons. The minimum atomic E-state index is -0.400. The second-order valence-corrected chi connectivity index (χ2v) is 11.0. The van der Waals surface area contributed by atoms with E-state index in [1.807, 2.05) is 0 Å². The first-order valence-corrected chi connectivity index (χ1v) is 13.1. The third kappa shape index (κ3) is 5.53. The molecule has 2 fully saturated rings. The van der Waals surface area contributed by atoms with Gasteiger partial charge in [-0.1, -0.05) is 87.7 Å². The lowest BCUT2D eigenvalue weighted by Gasteiger charge is -2.57. The van der Waals surface area contributed by atoms with Gasteiger partial charge < -0.3 is 9.84 Å². The second kappa shape index (κ2) is 10.7. The summed E-state index contributed by atoms with van der Waals surface area (Å²) in [5, 5.41) is 10.9. The van der Waals surface area contributed by atoms with Crippen LogP contribution in [0.5, 0.6) is 0 Å². The average molecular weight is 450 g/mol. The zero-order valence-corrected chi connectivity index (χ0v) is 21.0. The zero-order chi connectivity index (χ0) is 23.4. The number of fused-ring (bicyclic) bond motifs is 1. The smallest absolute Gasteiger partial charge is 0.115 e. The van der Waals surface area contributed by atoms with Gasteiger partial charge in [0.05, 0.1) is 12.2 Å². The number of unbranched alkanes of at least 4 members (excludes halogenated alkanes) is 1. The molecule has 0 radical (unpaired) electrons. The van der Waals surface area contributed by atoms with Crippen molar-refractivity contribution in [2.75, 3.05) is 0 Å². The van der Waals surface area contributed by atoms with Crippen molar-refractivity contribution in [1.82, 2.24) is 4.90 Å². The fraction of sp³-hybridized carbons (Fsp3) is 0.600. The van der Waals surface area contributed by atoms with Crippen LogP contribution in [0.2, 0.25) is 0 Å². The minimum Gasteiger partial charge on any atom is -0.388 e. The summed E-state index contributed by atoms with van der Waals surface area (Å²) in [6.45, 7) is 10.3. The van der Waals surface area contributed by atoms with E-state index in [0.717, 1.165) is 50.1 Å². The van der Waals surface area contributed by atoms with Crippen LogP contribution in [0.25, 0.3) is 0 Å². The molecule has 33 heavy (non-hydrogen) atoms. The Morgan fingerprint density at radius 3 is 2.55 bits per heavy atom. The van der Waals surface area contributed by atoms with E-state index >= 15 is 0 Å². The fourth-order valence-electron chi connectivity index (χ4n) is 6.18. The Kier molecular flexibility index (Phi) is 7.94. The van der Waals surface area contributed by atoms with Crippen LogP contribution >= 0.6 is 0 Å². The fourth-order valence-corrected chi connectivity index (χ4v) is 6.18. The van der Waals surface area contributed by atoms with Gasteiger partial charge in [-0.05, 0) is 55.7 Å². The molecular weight excluding hydrogens is 406 g/mol. The van der Waals surface area contributed by atoms with Crippen molar-refractivity contribution < 1.29 is 9.84 Å². The van der Waals surface area contributed by atoms with E-state index in [0.29, 0.717) is 12.0 Å². The Bertz CT molecular complexity index is 880. The summed E-state index contributed by atoms with van der Waals surface area (Å²) in [7, 11) is 0. The average Bonchev–Trinajstić information content (AvgIpc) is 2.81. The van der Waals surface area contributed by atoms with Crippen molar-refractivity contribution in [1.29, 1.82) is 0 Å². The van der Waals surface area contributed by atoms with Gasteiger partial charge in [0.15, 0.2) is 0 Å². The standard InChI is InChI=1S/C30H43NO2/c1-5-6-16-27(32)25-15-11-10-14-24(25)20-29-31(21-23-12-8-7-9-13-23)30(3,4)26-18-17-22(2)19-28(26)33-29/h7-15,22,26-29,32H,5-6,16-21H2,1-4H3/t22-,26-,27-,28-,29+/m1/s1. The quantitative estimate of drug-likeness (QED) is 0.476. The van der Waals surface area contributed by atoms with E-state index in [4.69, 9.17) is 4.74 Å². The molecule has 3 nitrogen and oxygen atoms in total. The molecule has 1 N–H and O–H groups in total. The van der Waals surface area contributed by atoms with Gasteiger partial charge in [-0.3, -0.25) is 4.90 Å². The summed E-state index contributed by atoms with van der Waals surface area (Å²) < 4.78 is 6.95. The van der Waals surface area contributed by atoms with Crippen molar-refractivity contribution in [3.05, 3.63) is 71.3 Å². The van der Waals surface area contributed by atoms with Crippen LogP contribution < -0.4 is 0 Å². The summed E-state index contributed by atoms with van der Waals surface area (Å²) in [5.41, 5.74) is 3.69. The molecule has 1 saturated carbocycles. The van der Waals surface area contributed by atoms with Gasteiger partial charge in [0.1, 0.15) is 6.23 Å². The number of rotatable bonds is 8. The van der Waals surface area contributed by atoms with Crippen LogP contribution in [-0.2, 0) is 17.7 Å². The molecule has 0 spiro atoms. The van der Waals surface area contributed by atoms with Gasteiger partial charge in [0.25, 0.3) is 0 Å². The highest BCUT2D eigenvalue weighted by atomic mass is 16.5. The Morgan fingerprint density at radius 2 is 1.79 bits per heavy atom. The van der Waals surface area contributed by atoms with Crippen LogP contribution in [0, 0.1) is 11.8 Å². The number of nitrogens with zero attached hydrogens (tertiary/aromatic N) is 1. The van der Waals surface area contributed by atoms with E-state index in [1.165, 1.54) is 24.0 Å². The molecule has 0 unspecified atom stereocenters.